The predicted octanol–water partition coefficient (Wildman–Crippen LogP) is 1.40. The molecule has 102 valence electrons. The maximum absolute atomic E-state index is 12.2. The molecule has 2 N–H and O–H groups in total. The van der Waals surface area contributed by atoms with Crippen molar-refractivity contribution in [2.24, 2.45) is 11.3 Å². The molecule has 1 atom stereocenters. The van der Waals surface area contributed by atoms with Gasteiger partial charge in [0.25, 0.3) is 0 Å². The summed E-state index contributed by atoms with van der Waals surface area (Å²) in [5.41, 5.74) is 2.61. The summed E-state index contributed by atoms with van der Waals surface area (Å²) < 4.78 is 0. The van der Waals surface area contributed by atoms with Crippen LogP contribution in [0.15, 0.2) is 18.5 Å². The predicted molar refractivity (Wildman–Crippen MR) is 73.5 cm³/mol. The number of nitrogens with one attached hydrogen (secondary N) is 2. The van der Waals surface area contributed by atoms with Crippen molar-refractivity contribution in [3.05, 3.63) is 29.6 Å². The summed E-state index contributed by atoms with van der Waals surface area (Å²) in [7, 11) is 0. The van der Waals surface area contributed by atoms with E-state index in [1.807, 2.05) is 19.2 Å². The third-order valence-electron chi connectivity index (χ3n) is 4.70. The van der Waals surface area contributed by atoms with Crippen molar-refractivity contribution in [2.75, 3.05) is 13.1 Å². The lowest BCUT2D eigenvalue weighted by Crippen LogP contribution is -2.33. The molecule has 3 rings (SSSR count). The van der Waals surface area contributed by atoms with Gasteiger partial charge in [-0.2, -0.15) is 0 Å². The fraction of sp³-hybridized carbons (Fsp3) is 0.600. The number of aryl methyl sites for hydroxylation is 1. The molecule has 1 aromatic heterocycles. The molecule has 2 heterocycles. The molecule has 4 heteroatoms. The molecule has 1 aliphatic heterocycles. The highest BCUT2D eigenvalue weighted by molar-refractivity contribution is 5.82. The Balaban J connectivity index is 1.54. The maximum Gasteiger partial charge on any atom is 0.223 e. The fourth-order valence-corrected chi connectivity index (χ4v) is 3.20. The summed E-state index contributed by atoms with van der Waals surface area (Å²) in [5.74, 6) is 0.481. The molecule has 2 fully saturated rings. The minimum absolute atomic E-state index is 0.234. The molecular formula is C15H21N3O. The van der Waals surface area contributed by atoms with Gasteiger partial charge in [-0.3, -0.25) is 9.78 Å². The van der Waals surface area contributed by atoms with Gasteiger partial charge in [0.05, 0.1) is 0 Å². The highest BCUT2D eigenvalue weighted by Gasteiger charge is 2.57. The van der Waals surface area contributed by atoms with Gasteiger partial charge in [0.1, 0.15) is 0 Å². The van der Waals surface area contributed by atoms with E-state index in [0.717, 1.165) is 43.5 Å². The van der Waals surface area contributed by atoms with E-state index in [2.05, 4.69) is 15.6 Å². The van der Waals surface area contributed by atoms with Crippen molar-refractivity contribution in [3.8, 4) is 0 Å². The molecule has 1 saturated carbocycles. The van der Waals surface area contributed by atoms with Gasteiger partial charge < -0.3 is 10.6 Å². The number of pyridine rings is 1. The minimum Gasteiger partial charge on any atom is -0.352 e. The molecule has 0 bridgehead atoms. The minimum atomic E-state index is 0.234. The normalized spacial score (nSPS) is 24.2. The van der Waals surface area contributed by atoms with Crippen molar-refractivity contribution in [2.45, 2.75) is 32.7 Å². The quantitative estimate of drug-likeness (QED) is 0.862. The standard InChI is InChI=1S/C15H21N3O/c1-11-9-17-5-2-12(11)10-18-14(19)13-8-15(13)3-6-16-7-4-15/h2,5,9,13,16H,3-4,6-8,10H2,1H3,(H,18,19). The molecular weight excluding hydrogens is 238 g/mol. The van der Waals surface area contributed by atoms with Crippen LogP contribution in [0.2, 0.25) is 0 Å². The summed E-state index contributed by atoms with van der Waals surface area (Å²) in [6.07, 6.45) is 7.00. The van der Waals surface area contributed by atoms with Crippen LogP contribution in [0, 0.1) is 18.3 Å². The zero-order chi connectivity index (χ0) is 13.3. The summed E-state index contributed by atoms with van der Waals surface area (Å²) in [6, 6.07) is 1.98. The summed E-state index contributed by atoms with van der Waals surface area (Å²) in [6.45, 7) is 4.78. The third-order valence-corrected chi connectivity index (χ3v) is 4.70. The molecule has 1 spiro atoms. The molecule has 1 saturated heterocycles. The van der Waals surface area contributed by atoms with Crippen LogP contribution in [0.3, 0.4) is 0 Å². The van der Waals surface area contributed by atoms with Crippen molar-refractivity contribution in [3.63, 3.8) is 0 Å². The lowest BCUT2D eigenvalue weighted by Gasteiger charge is -2.23. The average molecular weight is 259 g/mol. The highest BCUT2D eigenvalue weighted by Crippen LogP contribution is 2.58. The Hall–Kier alpha value is -1.42. The van der Waals surface area contributed by atoms with E-state index in [1.54, 1.807) is 6.20 Å². The molecule has 0 radical (unpaired) electrons. The van der Waals surface area contributed by atoms with E-state index < -0.39 is 0 Å². The second-order valence-electron chi connectivity index (χ2n) is 5.89. The number of hydrogen-bond acceptors (Lipinski definition) is 3. The van der Waals surface area contributed by atoms with Gasteiger partial charge in [-0.1, -0.05) is 0 Å². The van der Waals surface area contributed by atoms with Gasteiger partial charge in [0.2, 0.25) is 5.91 Å². The summed E-state index contributed by atoms with van der Waals surface area (Å²) >= 11 is 0. The van der Waals surface area contributed by atoms with Crippen molar-refractivity contribution < 1.29 is 4.79 Å². The first kappa shape index (κ1) is 12.6. The van der Waals surface area contributed by atoms with Gasteiger partial charge in [0.15, 0.2) is 0 Å². The number of amides is 1. The summed E-state index contributed by atoms with van der Waals surface area (Å²) in [5, 5.41) is 6.45. The molecule has 1 aromatic rings. The Morgan fingerprint density at radius 1 is 1.53 bits per heavy atom. The third kappa shape index (κ3) is 2.50. The number of carbonyl (C=O) groups excluding carboxylic acids is 1. The van der Waals surface area contributed by atoms with E-state index in [1.165, 1.54) is 0 Å². The largest absolute Gasteiger partial charge is 0.352 e. The maximum atomic E-state index is 12.2. The van der Waals surface area contributed by atoms with E-state index in [9.17, 15) is 4.79 Å². The van der Waals surface area contributed by atoms with Crippen molar-refractivity contribution >= 4 is 5.91 Å². The van der Waals surface area contributed by atoms with E-state index in [4.69, 9.17) is 0 Å². The lowest BCUT2D eigenvalue weighted by molar-refractivity contribution is -0.123. The average Bonchev–Trinajstić information content (AvgIpc) is 3.12. The molecule has 19 heavy (non-hydrogen) atoms. The number of rotatable bonds is 3. The first-order valence-corrected chi connectivity index (χ1v) is 7.09. The summed E-state index contributed by atoms with van der Waals surface area (Å²) in [4.78, 5) is 16.3. The van der Waals surface area contributed by atoms with Gasteiger partial charge in [-0.05, 0) is 61.9 Å². The Morgan fingerprint density at radius 3 is 3.05 bits per heavy atom. The zero-order valence-electron chi connectivity index (χ0n) is 11.4. The molecule has 4 nitrogen and oxygen atoms in total. The van der Waals surface area contributed by atoms with Crippen LogP contribution >= 0.6 is 0 Å². The molecule has 1 aliphatic carbocycles. The monoisotopic (exact) mass is 259 g/mol. The van der Waals surface area contributed by atoms with Crippen LogP contribution in [0.25, 0.3) is 0 Å². The van der Waals surface area contributed by atoms with Gasteiger partial charge in [0, 0.05) is 24.9 Å². The van der Waals surface area contributed by atoms with Crippen LogP contribution in [0.1, 0.15) is 30.4 Å². The Bertz CT molecular complexity index is 480. The Labute approximate surface area is 114 Å². The Kier molecular flexibility index (Phi) is 3.27. The fourth-order valence-electron chi connectivity index (χ4n) is 3.20. The Morgan fingerprint density at radius 2 is 2.32 bits per heavy atom. The number of nitrogens with zero attached hydrogens (tertiary/aromatic N) is 1. The van der Waals surface area contributed by atoms with Crippen molar-refractivity contribution in [1.82, 2.24) is 15.6 Å². The van der Waals surface area contributed by atoms with Crippen LogP contribution in [0.4, 0.5) is 0 Å². The first-order valence-electron chi connectivity index (χ1n) is 7.09. The van der Waals surface area contributed by atoms with E-state index in [0.29, 0.717) is 12.0 Å². The van der Waals surface area contributed by atoms with Gasteiger partial charge in [-0.15, -0.1) is 0 Å². The number of aromatic nitrogens is 1. The van der Waals surface area contributed by atoms with Crippen LogP contribution in [0.5, 0.6) is 0 Å². The van der Waals surface area contributed by atoms with E-state index >= 15 is 0 Å². The van der Waals surface area contributed by atoms with Crippen molar-refractivity contribution in [1.29, 1.82) is 0 Å². The smallest absolute Gasteiger partial charge is 0.223 e. The number of carbonyl (C=O) groups is 1. The van der Waals surface area contributed by atoms with Crippen LogP contribution < -0.4 is 10.6 Å². The second-order valence-corrected chi connectivity index (χ2v) is 5.89. The number of hydrogen-bond donors (Lipinski definition) is 2. The van der Waals surface area contributed by atoms with Crippen LogP contribution in [-0.4, -0.2) is 24.0 Å². The molecule has 1 amide bonds. The van der Waals surface area contributed by atoms with E-state index in [-0.39, 0.29) is 11.8 Å². The topological polar surface area (TPSA) is 54.0 Å². The molecule has 1 unspecified atom stereocenters. The van der Waals surface area contributed by atoms with Crippen LogP contribution in [-0.2, 0) is 11.3 Å². The molecule has 2 aliphatic rings. The second kappa shape index (κ2) is 4.93. The highest BCUT2D eigenvalue weighted by atomic mass is 16.2. The zero-order valence-corrected chi connectivity index (χ0v) is 11.4. The number of piperidine rings is 1. The SMILES string of the molecule is Cc1cnccc1CNC(=O)C1CC12CCNCC2. The van der Waals surface area contributed by atoms with Gasteiger partial charge >= 0.3 is 0 Å². The first-order chi connectivity index (χ1) is 9.21. The lowest BCUT2D eigenvalue weighted by atomic mass is 9.92. The van der Waals surface area contributed by atoms with Gasteiger partial charge in [-0.25, -0.2) is 0 Å². The molecule has 0 aromatic carbocycles.